The Kier molecular flexibility index (Phi) is 5.68. The Morgan fingerprint density at radius 3 is 1.53 bits per heavy atom. The molecule has 0 saturated heterocycles. The van der Waals surface area contributed by atoms with Gasteiger partial charge in [-0.15, -0.1) is 0 Å². The van der Waals surface area contributed by atoms with Crippen molar-refractivity contribution in [1.29, 1.82) is 0 Å². The number of hydrogen-bond acceptors (Lipinski definition) is 6. The number of ether oxygens (including phenoxy) is 2. The maximum Gasteiger partial charge on any atom is 0.269 e. The van der Waals surface area contributed by atoms with Crippen LogP contribution in [0.15, 0.2) is 66.7 Å². The largest absolute Gasteiger partial charge is 0.457 e. The third-order valence-electron chi connectivity index (χ3n) is 4.32. The molecule has 0 unspecified atom stereocenters. The first-order valence-electron chi connectivity index (χ1n) is 9.12. The Bertz CT molecular complexity index is 1070. The Labute approximate surface area is 173 Å². The van der Waals surface area contributed by atoms with Crippen molar-refractivity contribution >= 4 is 11.4 Å². The van der Waals surface area contributed by atoms with Gasteiger partial charge < -0.3 is 9.47 Å². The normalized spacial score (nSPS) is 11.0. The zero-order chi connectivity index (χ0) is 21.9. The fraction of sp³-hybridized carbons (Fsp3) is 0.182. The maximum absolute atomic E-state index is 10.8. The first-order valence-corrected chi connectivity index (χ1v) is 9.12. The smallest absolute Gasteiger partial charge is 0.269 e. The van der Waals surface area contributed by atoms with Gasteiger partial charge in [-0.25, -0.2) is 0 Å². The van der Waals surface area contributed by atoms with E-state index >= 15 is 0 Å². The zero-order valence-corrected chi connectivity index (χ0v) is 16.7. The van der Waals surface area contributed by atoms with Gasteiger partial charge in [0.15, 0.2) is 0 Å². The van der Waals surface area contributed by atoms with Crippen LogP contribution in [-0.4, -0.2) is 9.85 Å². The quantitative estimate of drug-likeness (QED) is 0.346. The Hall–Kier alpha value is -3.94. The second-order valence-corrected chi connectivity index (χ2v) is 7.61. The SMILES string of the molecule is CC(C)(C)c1cc(Oc2ccc([N+](=O)[O-])cc2)ccc1Oc1ccc([N+](=O)[O-])cc1. The molecule has 0 N–H and O–H groups in total. The van der Waals surface area contributed by atoms with E-state index in [0.717, 1.165) is 5.56 Å². The Balaban J connectivity index is 1.86. The van der Waals surface area contributed by atoms with Crippen molar-refractivity contribution in [2.24, 2.45) is 0 Å². The molecule has 8 heteroatoms. The van der Waals surface area contributed by atoms with Gasteiger partial charge in [-0.3, -0.25) is 20.2 Å². The Morgan fingerprint density at radius 2 is 1.10 bits per heavy atom. The highest BCUT2D eigenvalue weighted by molar-refractivity contribution is 5.48. The molecule has 0 amide bonds. The number of benzene rings is 3. The fourth-order valence-electron chi connectivity index (χ4n) is 2.78. The minimum atomic E-state index is -0.466. The molecule has 154 valence electrons. The average Bonchev–Trinajstić information content (AvgIpc) is 2.69. The number of nitrogens with zero attached hydrogens (tertiary/aromatic N) is 2. The van der Waals surface area contributed by atoms with Crippen LogP contribution in [0.25, 0.3) is 0 Å². The second-order valence-electron chi connectivity index (χ2n) is 7.61. The van der Waals surface area contributed by atoms with Gasteiger partial charge in [0.1, 0.15) is 23.0 Å². The lowest BCUT2D eigenvalue weighted by atomic mass is 9.86. The molecule has 3 aromatic rings. The fourth-order valence-corrected chi connectivity index (χ4v) is 2.78. The van der Waals surface area contributed by atoms with Crippen molar-refractivity contribution in [2.75, 3.05) is 0 Å². The average molecular weight is 408 g/mol. The highest BCUT2D eigenvalue weighted by atomic mass is 16.6. The van der Waals surface area contributed by atoms with Gasteiger partial charge in [0.25, 0.3) is 11.4 Å². The summed E-state index contributed by atoms with van der Waals surface area (Å²) in [6, 6.07) is 17.1. The van der Waals surface area contributed by atoms with Gasteiger partial charge >= 0.3 is 0 Å². The van der Waals surface area contributed by atoms with Crippen LogP contribution in [0.3, 0.4) is 0 Å². The highest BCUT2D eigenvalue weighted by Gasteiger charge is 2.21. The second kappa shape index (κ2) is 8.20. The minimum Gasteiger partial charge on any atom is -0.457 e. The van der Waals surface area contributed by atoms with E-state index in [1.807, 2.05) is 26.8 Å². The molecule has 0 bridgehead atoms. The van der Waals surface area contributed by atoms with Crippen LogP contribution in [0.1, 0.15) is 26.3 Å². The van der Waals surface area contributed by atoms with Crippen LogP contribution in [0.5, 0.6) is 23.0 Å². The van der Waals surface area contributed by atoms with Gasteiger partial charge in [0, 0.05) is 29.8 Å². The molecule has 0 aliphatic carbocycles. The predicted molar refractivity (Wildman–Crippen MR) is 111 cm³/mol. The number of rotatable bonds is 6. The van der Waals surface area contributed by atoms with Gasteiger partial charge in [0.05, 0.1) is 9.85 Å². The van der Waals surface area contributed by atoms with Crippen molar-refractivity contribution in [3.63, 3.8) is 0 Å². The molecule has 0 fully saturated rings. The maximum atomic E-state index is 10.8. The minimum absolute atomic E-state index is 0.00904. The summed E-state index contributed by atoms with van der Waals surface area (Å²) in [5.41, 5.74) is 0.584. The van der Waals surface area contributed by atoms with Gasteiger partial charge in [0.2, 0.25) is 0 Å². The van der Waals surface area contributed by atoms with Crippen LogP contribution < -0.4 is 9.47 Å². The summed E-state index contributed by atoms with van der Waals surface area (Å²) >= 11 is 0. The predicted octanol–water partition coefficient (Wildman–Crippen LogP) is 6.39. The van der Waals surface area contributed by atoms with Crippen LogP contribution in [0, 0.1) is 20.2 Å². The molecule has 3 rings (SSSR count). The van der Waals surface area contributed by atoms with E-state index in [1.165, 1.54) is 36.4 Å². The molecule has 0 aromatic heterocycles. The molecular formula is C22H20N2O6. The van der Waals surface area contributed by atoms with Crippen molar-refractivity contribution in [3.8, 4) is 23.0 Å². The third kappa shape index (κ3) is 4.91. The summed E-state index contributed by atoms with van der Waals surface area (Å²) in [7, 11) is 0. The van der Waals surface area contributed by atoms with Gasteiger partial charge in [-0.1, -0.05) is 20.8 Å². The van der Waals surface area contributed by atoms with Crippen LogP contribution >= 0.6 is 0 Å². The molecule has 0 aliphatic rings. The summed E-state index contributed by atoms with van der Waals surface area (Å²) in [6.07, 6.45) is 0. The van der Waals surface area contributed by atoms with E-state index in [0.29, 0.717) is 23.0 Å². The number of non-ortho nitro benzene ring substituents is 2. The van der Waals surface area contributed by atoms with E-state index in [-0.39, 0.29) is 16.8 Å². The van der Waals surface area contributed by atoms with Crippen molar-refractivity contribution in [1.82, 2.24) is 0 Å². The Morgan fingerprint density at radius 1 is 0.667 bits per heavy atom. The van der Waals surface area contributed by atoms with E-state index in [4.69, 9.17) is 9.47 Å². The van der Waals surface area contributed by atoms with E-state index < -0.39 is 9.85 Å². The molecular weight excluding hydrogens is 388 g/mol. The summed E-state index contributed by atoms with van der Waals surface area (Å²) < 4.78 is 11.8. The molecule has 3 aromatic carbocycles. The van der Waals surface area contributed by atoms with Crippen molar-refractivity contribution in [2.45, 2.75) is 26.2 Å². The van der Waals surface area contributed by atoms with Crippen molar-refractivity contribution in [3.05, 3.63) is 92.5 Å². The van der Waals surface area contributed by atoms with E-state index in [2.05, 4.69) is 0 Å². The molecule has 0 spiro atoms. The van der Waals surface area contributed by atoms with Gasteiger partial charge in [-0.05, 0) is 47.9 Å². The third-order valence-corrected chi connectivity index (χ3v) is 4.32. The summed E-state index contributed by atoms with van der Waals surface area (Å²) in [6.45, 7) is 6.09. The monoisotopic (exact) mass is 408 g/mol. The van der Waals surface area contributed by atoms with Crippen LogP contribution in [0.4, 0.5) is 11.4 Å². The summed E-state index contributed by atoms with van der Waals surface area (Å²) in [5, 5.41) is 21.6. The molecule has 0 radical (unpaired) electrons. The first kappa shape index (κ1) is 20.8. The molecule has 0 heterocycles. The summed E-state index contributed by atoms with van der Waals surface area (Å²) in [4.78, 5) is 20.7. The lowest BCUT2D eigenvalue weighted by molar-refractivity contribution is -0.385. The number of nitro benzene ring substituents is 2. The lowest BCUT2D eigenvalue weighted by Crippen LogP contribution is -2.12. The first-order chi connectivity index (χ1) is 14.1. The van der Waals surface area contributed by atoms with Gasteiger partial charge in [-0.2, -0.15) is 0 Å². The lowest BCUT2D eigenvalue weighted by Gasteiger charge is -2.23. The molecule has 8 nitrogen and oxygen atoms in total. The van der Waals surface area contributed by atoms with E-state index in [9.17, 15) is 20.2 Å². The highest BCUT2D eigenvalue weighted by Crippen LogP contribution is 2.38. The molecule has 0 atom stereocenters. The van der Waals surface area contributed by atoms with Crippen molar-refractivity contribution < 1.29 is 19.3 Å². The number of nitro groups is 2. The number of hydrogen-bond donors (Lipinski definition) is 0. The topological polar surface area (TPSA) is 105 Å². The summed E-state index contributed by atoms with van der Waals surface area (Å²) in [5.74, 6) is 2.12. The standard InChI is InChI=1S/C22H20N2O6/c1-22(2,3)20-14-19(29-17-8-4-15(5-9-17)23(25)26)12-13-21(20)30-18-10-6-16(7-11-18)24(27)28/h4-14H,1-3H3. The van der Waals surface area contributed by atoms with Crippen LogP contribution in [-0.2, 0) is 5.41 Å². The zero-order valence-electron chi connectivity index (χ0n) is 16.7. The molecule has 0 aliphatic heterocycles. The molecule has 0 saturated carbocycles. The van der Waals surface area contributed by atoms with E-state index in [1.54, 1.807) is 24.3 Å². The molecule has 30 heavy (non-hydrogen) atoms. The van der Waals surface area contributed by atoms with Crippen LogP contribution in [0.2, 0.25) is 0 Å².